The number of hydrogen-bond acceptors (Lipinski definition) is 4. The Morgan fingerprint density at radius 2 is 1.67 bits per heavy atom. The minimum Gasteiger partial charge on any atom is -0.271 e. The molecule has 3 N–H and O–H groups in total. The van der Waals surface area contributed by atoms with E-state index in [1.807, 2.05) is 0 Å². The van der Waals surface area contributed by atoms with E-state index in [4.69, 9.17) is 5.84 Å². The van der Waals surface area contributed by atoms with Crippen molar-refractivity contribution >= 4 is 15.9 Å². The number of benzene rings is 1. The molecular weight excluding hydrogens is 292 g/mol. The smallest absolute Gasteiger partial charge is 0.115 e. The van der Waals surface area contributed by atoms with E-state index in [0.717, 1.165) is 15.6 Å². The molecule has 2 rings (SSSR count). The minimum atomic E-state index is -0.100. The van der Waals surface area contributed by atoms with E-state index in [2.05, 4.69) is 57.3 Å². The van der Waals surface area contributed by atoms with Crippen LogP contribution in [0.3, 0.4) is 0 Å². The quantitative estimate of drug-likeness (QED) is 0.675. The third kappa shape index (κ3) is 2.58. The molecule has 0 aliphatic carbocycles. The highest BCUT2D eigenvalue weighted by Crippen LogP contribution is 2.27. The molecule has 0 spiro atoms. The number of nitrogens with one attached hydrogen (secondary N) is 1. The van der Waals surface area contributed by atoms with E-state index in [1.165, 1.54) is 17.5 Å². The molecule has 94 valence electrons. The average molecular weight is 307 g/mol. The third-order valence-corrected chi connectivity index (χ3v) is 4.12. The first kappa shape index (κ1) is 13.1. The van der Waals surface area contributed by atoms with Gasteiger partial charge >= 0.3 is 0 Å². The largest absolute Gasteiger partial charge is 0.271 e. The van der Waals surface area contributed by atoms with Crippen molar-refractivity contribution in [2.75, 3.05) is 0 Å². The van der Waals surface area contributed by atoms with Gasteiger partial charge in [-0.05, 0) is 30.5 Å². The lowest BCUT2D eigenvalue weighted by Crippen LogP contribution is -2.29. The predicted molar refractivity (Wildman–Crippen MR) is 74.8 cm³/mol. The van der Waals surface area contributed by atoms with Gasteiger partial charge in [0.1, 0.15) is 6.33 Å². The SMILES string of the molecule is Cc1cc(C(NN)c2cncnc2)cc(C)c1Br. The van der Waals surface area contributed by atoms with Gasteiger partial charge in [0.2, 0.25) is 0 Å². The summed E-state index contributed by atoms with van der Waals surface area (Å²) in [5, 5.41) is 0. The predicted octanol–water partition coefficient (Wildman–Crippen LogP) is 2.41. The van der Waals surface area contributed by atoms with E-state index in [9.17, 15) is 0 Å². The summed E-state index contributed by atoms with van der Waals surface area (Å²) in [7, 11) is 0. The normalized spacial score (nSPS) is 12.4. The summed E-state index contributed by atoms with van der Waals surface area (Å²) in [6, 6.07) is 4.11. The van der Waals surface area contributed by atoms with Crippen molar-refractivity contribution in [3.05, 3.63) is 57.6 Å². The molecule has 0 amide bonds. The molecule has 2 aromatic rings. The lowest BCUT2D eigenvalue weighted by atomic mass is 9.98. The molecule has 0 saturated heterocycles. The molecule has 1 atom stereocenters. The fraction of sp³-hybridized carbons (Fsp3) is 0.231. The highest BCUT2D eigenvalue weighted by molar-refractivity contribution is 9.10. The van der Waals surface area contributed by atoms with Crippen molar-refractivity contribution in [1.82, 2.24) is 15.4 Å². The second-order valence-electron chi connectivity index (χ2n) is 4.24. The fourth-order valence-corrected chi connectivity index (χ4v) is 2.22. The van der Waals surface area contributed by atoms with Crippen LogP contribution in [0.4, 0.5) is 0 Å². The zero-order valence-corrected chi connectivity index (χ0v) is 11.9. The number of nitrogens with zero attached hydrogens (tertiary/aromatic N) is 2. The number of aromatic nitrogens is 2. The number of hydrazine groups is 1. The van der Waals surface area contributed by atoms with Gasteiger partial charge in [-0.1, -0.05) is 28.1 Å². The molecular formula is C13H15BrN4. The maximum absolute atomic E-state index is 5.66. The van der Waals surface area contributed by atoms with Crippen LogP contribution < -0.4 is 11.3 Å². The van der Waals surface area contributed by atoms with E-state index in [-0.39, 0.29) is 6.04 Å². The van der Waals surface area contributed by atoms with Gasteiger partial charge in [-0.2, -0.15) is 0 Å². The van der Waals surface area contributed by atoms with Gasteiger partial charge in [0.25, 0.3) is 0 Å². The fourth-order valence-electron chi connectivity index (χ4n) is 1.99. The van der Waals surface area contributed by atoms with E-state index in [0.29, 0.717) is 0 Å². The van der Waals surface area contributed by atoms with Crippen molar-refractivity contribution in [3.8, 4) is 0 Å². The van der Waals surface area contributed by atoms with Gasteiger partial charge in [0, 0.05) is 22.4 Å². The Balaban J connectivity index is 2.46. The van der Waals surface area contributed by atoms with E-state index in [1.54, 1.807) is 12.4 Å². The molecule has 0 bridgehead atoms. The van der Waals surface area contributed by atoms with Gasteiger partial charge in [-0.25, -0.2) is 15.4 Å². The van der Waals surface area contributed by atoms with Crippen LogP contribution >= 0.6 is 15.9 Å². The van der Waals surface area contributed by atoms with E-state index >= 15 is 0 Å². The number of nitrogens with two attached hydrogens (primary N) is 1. The van der Waals surface area contributed by atoms with Crippen LogP contribution in [0.2, 0.25) is 0 Å². The molecule has 0 radical (unpaired) electrons. The van der Waals surface area contributed by atoms with Gasteiger partial charge in [0.15, 0.2) is 0 Å². The zero-order chi connectivity index (χ0) is 13.1. The van der Waals surface area contributed by atoms with Crippen LogP contribution in [0.5, 0.6) is 0 Å². The monoisotopic (exact) mass is 306 g/mol. The Hall–Kier alpha value is -1.30. The molecule has 0 aliphatic heterocycles. The van der Waals surface area contributed by atoms with E-state index < -0.39 is 0 Å². The van der Waals surface area contributed by atoms with Crippen molar-refractivity contribution in [2.24, 2.45) is 5.84 Å². The molecule has 0 fully saturated rings. The van der Waals surface area contributed by atoms with Crippen molar-refractivity contribution < 1.29 is 0 Å². The number of halogens is 1. The minimum absolute atomic E-state index is 0.100. The second-order valence-corrected chi connectivity index (χ2v) is 5.03. The molecule has 1 aromatic carbocycles. The molecule has 4 nitrogen and oxygen atoms in total. The topological polar surface area (TPSA) is 63.8 Å². The lowest BCUT2D eigenvalue weighted by molar-refractivity contribution is 0.631. The summed E-state index contributed by atoms with van der Waals surface area (Å²) in [5.41, 5.74) is 7.23. The lowest BCUT2D eigenvalue weighted by Gasteiger charge is -2.18. The summed E-state index contributed by atoms with van der Waals surface area (Å²) in [6.07, 6.45) is 5.05. The van der Waals surface area contributed by atoms with Gasteiger partial charge in [-0.3, -0.25) is 5.84 Å². The zero-order valence-electron chi connectivity index (χ0n) is 10.3. The summed E-state index contributed by atoms with van der Waals surface area (Å²) in [5.74, 6) is 5.66. The molecule has 0 saturated carbocycles. The first-order valence-electron chi connectivity index (χ1n) is 5.61. The highest BCUT2D eigenvalue weighted by atomic mass is 79.9. The van der Waals surface area contributed by atoms with Crippen LogP contribution in [0, 0.1) is 13.8 Å². The van der Waals surface area contributed by atoms with Gasteiger partial charge in [-0.15, -0.1) is 0 Å². The van der Waals surface area contributed by atoms with Crippen LogP contribution in [0.1, 0.15) is 28.3 Å². The molecule has 5 heteroatoms. The summed E-state index contributed by atoms with van der Waals surface area (Å²) < 4.78 is 1.13. The summed E-state index contributed by atoms with van der Waals surface area (Å²) in [4.78, 5) is 8.05. The first-order valence-corrected chi connectivity index (χ1v) is 6.40. The average Bonchev–Trinajstić information content (AvgIpc) is 2.38. The second kappa shape index (κ2) is 5.56. The maximum atomic E-state index is 5.66. The Morgan fingerprint density at radius 3 is 2.17 bits per heavy atom. The Bertz CT molecular complexity index is 519. The Morgan fingerprint density at radius 1 is 1.11 bits per heavy atom. The van der Waals surface area contributed by atoms with Crippen LogP contribution in [0.25, 0.3) is 0 Å². The van der Waals surface area contributed by atoms with Crippen LogP contribution in [-0.2, 0) is 0 Å². The molecule has 0 aliphatic rings. The van der Waals surface area contributed by atoms with Gasteiger partial charge in [0.05, 0.1) is 6.04 Å². The first-order chi connectivity index (χ1) is 8.63. The number of rotatable bonds is 3. The van der Waals surface area contributed by atoms with Crippen molar-refractivity contribution in [1.29, 1.82) is 0 Å². The number of hydrogen-bond donors (Lipinski definition) is 2. The molecule has 1 unspecified atom stereocenters. The summed E-state index contributed by atoms with van der Waals surface area (Å²) in [6.45, 7) is 4.13. The van der Waals surface area contributed by atoms with Crippen LogP contribution in [-0.4, -0.2) is 9.97 Å². The highest BCUT2D eigenvalue weighted by Gasteiger charge is 2.14. The summed E-state index contributed by atoms with van der Waals surface area (Å²) >= 11 is 3.56. The van der Waals surface area contributed by atoms with Crippen molar-refractivity contribution in [3.63, 3.8) is 0 Å². The maximum Gasteiger partial charge on any atom is 0.115 e. The van der Waals surface area contributed by atoms with Crippen molar-refractivity contribution in [2.45, 2.75) is 19.9 Å². The molecule has 1 heterocycles. The standard InChI is InChI=1S/C13H15BrN4/c1-8-3-10(4-9(2)12(8)14)13(18-15)11-5-16-7-17-6-11/h3-7,13,18H,15H2,1-2H3. The van der Waals surface area contributed by atoms with Gasteiger partial charge < -0.3 is 0 Å². The Kier molecular flexibility index (Phi) is 4.06. The Labute approximate surface area is 115 Å². The molecule has 1 aromatic heterocycles. The molecule has 18 heavy (non-hydrogen) atoms. The van der Waals surface area contributed by atoms with Crippen LogP contribution in [0.15, 0.2) is 35.3 Å². The third-order valence-electron chi connectivity index (χ3n) is 2.87. The number of aryl methyl sites for hydroxylation is 2.